The standard InChI is InChI=1S/C20H28N2O4/c1-13(2)10-18(23)21-17-5-4-16(11-14(17)3)20(26)22-8-6-15(7-9-22)12-19(24)25/h4-5,11,13,15H,6-10,12H2,1-3H3,(H,21,23)(H,24,25). The van der Waals surface area contributed by atoms with Gasteiger partial charge in [-0.3, -0.25) is 14.4 Å². The van der Waals surface area contributed by atoms with Crippen LogP contribution in [0.2, 0.25) is 0 Å². The average Bonchev–Trinajstić information content (AvgIpc) is 2.55. The van der Waals surface area contributed by atoms with E-state index in [1.807, 2.05) is 20.8 Å². The minimum atomic E-state index is -0.777. The van der Waals surface area contributed by atoms with Gasteiger partial charge in [0.2, 0.25) is 5.91 Å². The van der Waals surface area contributed by atoms with Crippen LogP contribution < -0.4 is 5.32 Å². The van der Waals surface area contributed by atoms with E-state index in [1.54, 1.807) is 23.1 Å². The predicted molar refractivity (Wildman–Crippen MR) is 100 cm³/mol. The molecule has 0 radical (unpaired) electrons. The lowest BCUT2D eigenvalue weighted by Gasteiger charge is -2.31. The molecule has 0 saturated carbocycles. The highest BCUT2D eigenvalue weighted by molar-refractivity contribution is 5.96. The van der Waals surface area contributed by atoms with Gasteiger partial charge in [-0.25, -0.2) is 0 Å². The van der Waals surface area contributed by atoms with Crippen LogP contribution in [0.5, 0.6) is 0 Å². The number of amides is 2. The van der Waals surface area contributed by atoms with Gasteiger partial charge in [-0.15, -0.1) is 0 Å². The Balaban J connectivity index is 1.97. The zero-order valence-corrected chi connectivity index (χ0v) is 15.7. The summed E-state index contributed by atoms with van der Waals surface area (Å²) in [6.45, 7) is 7.04. The smallest absolute Gasteiger partial charge is 0.303 e. The molecule has 1 saturated heterocycles. The zero-order valence-electron chi connectivity index (χ0n) is 15.7. The van der Waals surface area contributed by atoms with Crippen LogP contribution in [0.1, 0.15) is 55.5 Å². The van der Waals surface area contributed by atoms with Crippen molar-refractivity contribution >= 4 is 23.5 Å². The number of aliphatic carboxylic acids is 1. The Labute approximate surface area is 154 Å². The molecule has 2 N–H and O–H groups in total. The van der Waals surface area contributed by atoms with E-state index in [9.17, 15) is 14.4 Å². The Morgan fingerprint density at radius 2 is 1.88 bits per heavy atom. The van der Waals surface area contributed by atoms with E-state index in [1.165, 1.54) is 0 Å². The monoisotopic (exact) mass is 360 g/mol. The van der Waals surface area contributed by atoms with Crippen molar-refractivity contribution in [2.45, 2.75) is 46.5 Å². The van der Waals surface area contributed by atoms with Crippen LogP contribution in [0.4, 0.5) is 5.69 Å². The fourth-order valence-electron chi connectivity index (χ4n) is 3.28. The van der Waals surface area contributed by atoms with Gasteiger partial charge in [-0.1, -0.05) is 13.8 Å². The average molecular weight is 360 g/mol. The number of carboxylic acid groups (broad SMARTS) is 1. The number of nitrogens with one attached hydrogen (secondary N) is 1. The molecule has 1 aliphatic rings. The van der Waals surface area contributed by atoms with Crippen molar-refractivity contribution in [2.75, 3.05) is 18.4 Å². The maximum atomic E-state index is 12.7. The Morgan fingerprint density at radius 1 is 1.23 bits per heavy atom. The molecule has 6 heteroatoms. The summed E-state index contributed by atoms with van der Waals surface area (Å²) in [6.07, 6.45) is 2.08. The number of aryl methyl sites for hydroxylation is 1. The van der Waals surface area contributed by atoms with E-state index in [4.69, 9.17) is 5.11 Å². The highest BCUT2D eigenvalue weighted by atomic mass is 16.4. The number of carboxylic acids is 1. The van der Waals surface area contributed by atoms with E-state index in [-0.39, 0.29) is 24.2 Å². The van der Waals surface area contributed by atoms with Gasteiger partial charge in [0, 0.05) is 37.2 Å². The maximum Gasteiger partial charge on any atom is 0.303 e. The van der Waals surface area contributed by atoms with Crippen LogP contribution in [-0.2, 0) is 9.59 Å². The third kappa shape index (κ3) is 5.58. The number of nitrogens with zero attached hydrogens (tertiary/aromatic N) is 1. The van der Waals surface area contributed by atoms with Crippen LogP contribution in [0, 0.1) is 18.8 Å². The Morgan fingerprint density at radius 3 is 2.42 bits per heavy atom. The second-order valence-electron chi connectivity index (χ2n) is 7.51. The van der Waals surface area contributed by atoms with E-state index < -0.39 is 5.97 Å². The van der Waals surface area contributed by atoms with Crippen molar-refractivity contribution in [3.05, 3.63) is 29.3 Å². The molecule has 0 spiro atoms. The molecule has 0 atom stereocenters. The number of carbonyl (C=O) groups excluding carboxylic acids is 2. The van der Waals surface area contributed by atoms with Gasteiger partial charge in [0.1, 0.15) is 0 Å². The van der Waals surface area contributed by atoms with Crippen LogP contribution in [0.3, 0.4) is 0 Å². The molecule has 142 valence electrons. The fraction of sp³-hybridized carbons (Fsp3) is 0.550. The molecule has 1 fully saturated rings. The minimum Gasteiger partial charge on any atom is -0.481 e. The van der Waals surface area contributed by atoms with Gasteiger partial charge in [0.25, 0.3) is 5.91 Å². The number of benzene rings is 1. The molecular weight excluding hydrogens is 332 g/mol. The molecule has 26 heavy (non-hydrogen) atoms. The summed E-state index contributed by atoms with van der Waals surface area (Å²) in [5.41, 5.74) is 2.18. The molecule has 0 unspecified atom stereocenters. The first-order valence-corrected chi connectivity index (χ1v) is 9.17. The van der Waals surface area contributed by atoms with Crippen LogP contribution in [0.15, 0.2) is 18.2 Å². The molecule has 0 aromatic heterocycles. The number of likely N-dealkylation sites (tertiary alicyclic amines) is 1. The van der Waals surface area contributed by atoms with E-state index in [0.29, 0.717) is 31.0 Å². The van der Waals surface area contributed by atoms with Gasteiger partial charge < -0.3 is 15.3 Å². The minimum absolute atomic E-state index is 0.0253. The molecule has 2 amide bonds. The molecule has 2 rings (SSSR count). The molecule has 1 aromatic rings. The second kappa shape index (κ2) is 8.83. The summed E-state index contributed by atoms with van der Waals surface area (Å²) < 4.78 is 0. The van der Waals surface area contributed by atoms with Crippen LogP contribution in [0.25, 0.3) is 0 Å². The molecule has 0 bridgehead atoms. The Kier molecular flexibility index (Phi) is 6.77. The SMILES string of the molecule is Cc1cc(C(=O)N2CCC(CC(=O)O)CC2)ccc1NC(=O)CC(C)C. The third-order valence-electron chi connectivity index (χ3n) is 4.71. The van der Waals surface area contributed by atoms with E-state index in [2.05, 4.69) is 5.32 Å². The number of hydrogen-bond donors (Lipinski definition) is 2. The normalized spacial score (nSPS) is 15.2. The summed E-state index contributed by atoms with van der Waals surface area (Å²) in [6, 6.07) is 5.32. The molecule has 1 heterocycles. The van der Waals surface area contributed by atoms with E-state index >= 15 is 0 Å². The highest BCUT2D eigenvalue weighted by Gasteiger charge is 2.25. The molecular formula is C20H28N2O4. The lowest BCUT2D eigenvalue weighted by Crippen LogP contribution is -2.38. The van der Waals surface area contributed by atoms with E-state index in [0.717, 1.165) is 24.1 Å². The van der Waals surface area contributed by atoms with Gasteiger partial charge in [-0.05, 0) is 55.4 Å². The van der Waals surface area contributed by atoms with Crippen molar-refractivity contribution in [2.24, 2.45) is 11.8 Å². The Hall–Kier alpha value is -2.37. The van der Waals surface area contributed by atoms with Gasteiger partial charge in [-0.2, -0.15) is 0 Å². The van der Waals surface area contributed by atoms with Crippen molar-refractivity contribution in [1.82, 2.24) is 4.90 Å². The fourth-order valence-corrected chi connectivity index (χ4v) is 3.28. The maximum absolute atomic E-state index is 12.7. The lowest BCUT2D eigenvalue weighted by atomic mass is 9.93. The highest BCUT2D eigenvalue weighted by Crippen LogP contribution is 2.23. The van der Waals surface area contributed by atoms with Crippen molar-refractivity contribution in [3.8, 4) is 0 Å². The first kappa shape index (κ1) is 19.9. The van der Waals surface area contributed by atoms with Crippen LogP contribution >= 0.6 is 0 Å². The molecule has 1 aromatic carbocycles. The van der Waals surface area contributed by atoms with Crippen molar-refractivity contribution in [3.63, 3.8) is 0 Å². The Bertz CT molecular complexity index is 676. The second-order valence-corrected chi connectivity index (χ2v) is 7.51. The van der Waals surface area contributed by atoms with Gasteiger partial charge in [0.15, 0.2) is 0 Å². The largest absolute Gasteiger partial charge is 0.481 e. The number of piperidine rings is 1. The first-order valence-electron chi connectivity index (χ1n) is 9.17. The summed E-state index contributed by atoms with van der Waals surface area (Å²) in [4.78, 5) is 37.2. The number of anilines is 1. The number of hydrogen-bond acceptors (Lipinski definition) is 3. The number of carbonyl (C=O) groups is 3. The molecule has 1 aliphatic heterocycles. The summed E-state index contributed by atoms with van der Waals surface area (Å²) in [5, 5.41) is 11.8. The predicted octanol–water partition coefficient (Wildman–Crippen LogP) is 3.31. The molecule has 6 nitrogen and oxygen atoms in total. The third-order valence-corrected chi connectivity index (χ3v) is 4.71. The molecule has 0 aliphatic carbocycles. The summed E-state index contributed by atoms with van der Waals surface area (Å²) in [7, 11) is 0. The summed E-state index contributed by atoms with van der Waals surface area (Å²) in [5.74, 6) is -0.401. The van der Waals surface area contributed by atoms with Gasteiger partial charge in [0.05, 0.1) is 0 Å². The lowest BCUT2D eigenvalue weighted by molar-refractivity contribution is -0.138. The van der Waals surface area contributed by atoms with Crippen molar-refractivity contribution in [1.29, 1.82) is 0 Å². The number of rotatable bonds is 6. The quantitative estimate of drug-likeness (QED) is 0.815. The van der Waals surface area contributed by atoms with Gasteiger partial charge >= 0.3 is 5.97 Å². The van der Waals surface area contributed by atoms with Crippen molar-refractivity contribution < 1.29 is 19.5 Å². The van der Waals surface area contributed by atoms with Crippen LogP contribution in [-0.4, -0.2) is 40.9 Å². The topological polar surface area (TPSA) is 86.7 Å². The first-order chi connectivity index (χ1) is 12.3. The summed E-state index contributed by atoms with van der Waals surface area (Å²) >= 11 is 0. The zero-order chi connectivity index (χ0) is 19.3.